The fourth-order valence-corrected chi connectivity index (χ4v) is 3.63. The largest absolute Gasteiger partial charge is 0.490 e. The summed E-state index contributed by atoms with van der Waals surface area (Å²) in [5.74, 6) is 0.601. The number of H-pyrrole nitrogens is 2. The monoisotopic (exact) mass is 480 g/mol. The number of anilines is 2. The van der Waals surface area contributed by atoms with Gasteiger partial charge in [0.2, 0.25) is 0 Å². The lowest BCUT2D eigenvalue weighted by molar-refractivity contribution is -0.118. The number of aryl methyl sites for hydroxylation is 1. The minimum Gasteiger partial charge on any atom is -0.490 e. The minimum absolute atomic E-state index is 0.184. The molecule has 4 N–H and O–H groups in total. The number of aromatic nitrogens is 2. The summed E-state index contributed by atoms with van der Waals surface area (Å²) in [4.78, 5) is 29.2. The highest BCUT2D eigenvalue weighted by Gasteiger charge is 2.13. The zero-order valence-corrected chi connectivity index (χ0v) is 19.6. The van der Waals surface area contributed by atoms with Crippen LogP contribution in [0.4, 0.5) is 11.4 Å². The molecular formula is C25H25ClN4O4. The molecule has 0 saturated carbocycles. The quantitative estimate of drug-likeness (QED) is 0.274. The minimum atomic E-state index is -0.286. The Labute approximate surface area is 201 Å². The number of imidazole rings is 1. The molecule has 0 saturated heterocycles. The van der Waals surface area contributed by atoms with Crippen molar-refractivity contribution in [3.63, 3.8) is 0 Å². The lowest BCUT2D eigenvalue weighted by atomic mass is 10.2. The van der Waals surface area contributed by atoms with Gasteiger partial charge in [-0.15, -0.1) is 0 Å². The smallest absolute Gasteiger partial charge is 0.323 e. The third kappa shape index (κ3) is 5.71. The lowest BCUT2D eigenvalue weighted by Crippen LogP contribution is -2.20. The fourth-order valence-electron chi connectivity index (χ4n) is 3.41. The van der Waals surface area contributed by atoms with Crippen LogP contribution < -0.4 is 25.8 Å². The van der Waals surface area contributed by atoms with Crippen LogP contribution in [0, 0.1) is 6.92 Å². The Morgan fingerprint density at radius 3 is 2.41 bits per heavy atom. The number of carbonyl (C=O) groups is 1. The van der Waals surface area contributed by atoms with Gasteiger partial charge in [-0.25, -0.2) is 4.79 Å². The van der Waals surface area contributed by atoms with E-state index in [2.05, 4.69) is 20.6 Å². The maximum atomic E-state index is 12.3. The summed E-state index contributed by atoms with van der Waals surface area (Å²) in [5, 5.41) is 6.56. The van der Waals surface area contributed by atoms with Crippen molar-refractivity contribution in [2.45, 2.75) is 20.4 Å². The number of carbonyl (C=O) groups excluding carboxylic acids is 1. The molecule has 8 nitrogen and oxygen atoms in total. The van der Waals surface area contributed by atoms with Gasteiger partial charge in [0.05, 0.1) is 17.6 Å². The van der Waals surface area contributed by atoms with E-state index in [-0.39, 0.29) is 18.2 Å². The van der Waals surface area contributed by atoms with E-state index in [4.69, 9.17) is 21.1 Å². The number of aromatic amines is 2. The maximum absolute atomic E-state index is 12.3. The molecule has 0 spiro atoms. The number of hydrogen-bond donors (Lipinski definition) is 4. The lowest BCUT2D eigenvalue weighted by Gasteiger charge is -2.15. The zero-order chi connectivity index (χ0) is 24.1. The Bertz CT molecular complexity index is 1360. The van der Waals surface area contributed by atoms with Gasteiger partial charge in [0, 0.05) is 29.0 Å². The molecule has 0 fully saturated rings. The summed E-state index contributed by atoms with van der Waals surface area (Å²) in [6.45, 7) is 4.52. The average Bonchev–Trinajstić information content (AvgIpc) is 3.19. The molecule has 0 atom stereocenters. The molecule has 1 aromatic heterocycles. The molecule has 3 aromatic carbocycles. The van der Waals surface area contributed by atoms with E-state index < -0.39 is 0 Å². The third-order valence-corrected chi connectivity index (χ3v) is 5.46. The normalized spacial score (nSPS) is 10.8. The third-order valence-electron chi connectivity index (χ3n) is 5.11. The number of halogens is 1. The summed E-state index contributed by atoms with van der Waals surface area (Å²) in [6.07, 6.45) is 0. The van der Waals surface area contributed by atoms with Crippen molar-refractivity contribution in [2.24, 2.45) is 0 Å². The molecule has 0 unspecified atom stereocenters. The Balaban J connectivity index is 1.42. The van der Waals surface area contributed by atoms with E-state index >= 15 is 0 Å². The molecule has 0 radical (unpaired) electrons. The van der Waals surface area contributed by atoms with E-state index in [9.17, 15) is 9.59 Å². The Hall–Kier alpha value is -3.91. The van der Waals surface area contributed by atoms with Gasteiger partial charge in [0.1, 0.15) is 0 Å². The van der Waals surface area contributed by atoms with Crippen LogP contribution in [0.25, 0.3) is 11.0 Å². The van der Waals surface area contributed by atoms with Gasteiger partial charge in [0.15, 0.2) is 18.1 Å². The second-order valence-corrected chi connectivity index (χ2v) is 8.13. The van der Waals surface area contributed by atoms with Crippen LogP contribution in [-0.2, 0) is 11.3 Å². The molecule has 1 heterocycles. The predicted octanol–water partition coefficient (Wildman–Crippen LogP) is 4.85. The van der Waals surface area contributed by atoms with E-state index in [1.54, 1.807) is 12.1 Å². The number of amides is 1. The SMILES string of the molecule is CCOc1cc(CNc2ccc3[nH]c(=O)[nH]c3c2)c(Cl)cc1OCC(=O)Nc1ccc(C)cc1. The van der Waals surface area contributed by atoms with Gasteiger partial charge in [-0.05, 0) is 55.8 Å². The first-order chi connectivity index (χ1) is 16.4. The molecule has 4 rings (SSSR count). The van der Waals surface area contributed by atoms with Crippen molar-refractivity contribution < 1.29 is 14.3 Å². The van der Waals surface area contributed by atoms with E-state index in [0.29, 0.717) is 40.9 Å². The van der Waals surface area contributed by atoms with Crippen molar-refractivity contribution in [1.82, 2.24) is 9.97 Å². The second kappa shape index (κ2) is 10.4. The molecule has 0 bridgehead atoms. The molecule has 9 heteroatoms. The predicted molar refractivity (Wildman–Crippen MR) is 134 cm³/mol. The standard InChI is InChI=1S/C25H25ClN4O4/c1-3-33-22-10-16(13-27-18-8-9-20-21(11-18)30-25(32)29-20)19(26)12-23(22)34-14-24(31)28-17-6-4-15(2)5-7-17/h4-12,27H,3,13-14H2,1-2H3,(H,28,31)(H2,29,30,32). The number of nitrogens with one attached hydrogen (secondary N) is 4. The highest BCUT2D eigenvalue weighted by atomic mass is 35.5. The zero-order valence-electron chi connectivity index (χ0n) is 18.8. The van der Waals surface area contributed by atoms with Crippen molar-refractivity contribution in [1.29, 1.82) is 0 Å². The van der Waals surface area contributed by atoms with Crippen LogP contribution in [0.3, 0.4) is 0 Å². The summed E-state index contributed by atoms with van der Waals surface area (Å²) in [7, 11) is 0. The Kier molecular flexibility index (Phi) is 7.08. The molecular weight excluding hydrogens is 456 g/mol. The molecule has 0 aliphatic rings. The molecule has 4 aromatic rings. The van der Waals surface area contributed by atoms with Crippen molar-refractivity contribution in [3.8, 4) is 11.5 Å². The second-order valence-electron chi connectivity index (χ2n) is 7.72. The van der Waals surface area contributed by atoms with Crippen molar-refractivity contribution >= 4 is 39.9 Å². The number of rotatable bonds is 9. The topological polar surface area (TPSA) is 108 Å². The van der Waals surface area contributed by atoms with Gasteiger partial charge in [-0.1, -0.05) is 29.3 Å². The van der Waals surface area contributed by atoms with Gasteiger partial charge in [-0.2, -0.15) is 0 Å². The Morgan fingerprint density at radius 2 is 1.65 bits per heavy atom. The molecule has 34 heavy (non-hydrogen) atoms. The fraction of sp³-hybridized carbons (Fsp3) is 0.200. The number of fused-ring (bicyclic) bond motifs is 1. The molecule has 0 aliphatic heterocycles. The number of hydrogen-bond acceptors (Lipinski definition) is 5. The summed E-state index contributed by atoms with van der Waals surface area (Å²) in [5.41, 5.74) is 4.63. The van der Waals surface area contributed by atoms with Crippen LogP contribution in [0.15, 0.2) is 59.4 Å². The maximum Gasteiger partial charge on any atom is 0.323 e. The first-order valence-electron chi connectivity index (χ1n) is 10.8. The van der Waals surface area contributed by atoms with E-state index in [0.717, 1.165) is 22.3 Å². The number of ether oxygens (including phenoxy) is 2. The van der Waals surface area contributed by atoms with Crippen LogP contribution in [0.2, 0.25) is 5.02 Å². The molecule has 0 aliphatic carbocycles. The van der Waals surface area contributed by atoms with Gasteiger partial charge in [-0.3, -0.25) is 4.79 Å². The van der Waals surface area contributed by atoms with Crippen LogP contribution in [-0.4, -0.2) is 29.1 Å². The van der Waals surface area contributed by atoms with Crippen LogP contribution in [0.5, 0.6) is 11.5 Å². The van der Waals surface area contributed by atoms with Gasteiger partial charge >= 0.3 is 5.69 Å². The molecule has 176 valence electrons. The summed E-state index contributed by atoms with van der Waals surface area (Å²) in [6, 6.07) is 16.5. The van der Waals surface area contributed by atoms with E-state index in [1.165, 1.54) is 0 Å². The molecule has 1 amide bonds. The average molecular weight is 481 g/mol. The summed E-state index contributed by atoms with van der Waals surface area (Å²) < 4.78 is 11.4. The highest BCUT2D eigenvalue weighted by Crippen LogP contribution is 2.34. The van der Waals surface area contributed by atoms with Crippen molar-refractivity contribution in [2.75, 3.05) is 23.8 Å². The van der Waals surface area contributed by atoms with E-state index in [1.807, 2.05) is 56.3 Å². The highest BCUT2D eigenvalue weighted by molar-refractivity contribution is 6.31. The van der Waals surface area contributed by atoms with Crippen LogP contribution >= 0.6 is 11.6 Å². The van der Waals surface area contributed by atoms with Gasteiger partial charge in [0.25, 0.3) is 5.91 Å². The number of benzene rings is 3. The Morgan fingerprint density at radius 1 is 0.941 bits per heavy atom. The van der Waals surface area contributed by atoms with Crippen LogP contribution in [0.1, 0.15) is 18.1 Å². The van der Waals surface area contributed by atoms with Crippen molar-refractivity contribution in [3.05, 3.63) is 81.2 Å². The summed E-state index contributed by atoms with van der Waals surface area (Å²) >= 11 is 6.50. The van der Waals surface area contributed by atoms with Gasteiger partial charge < -0.3 is 30.1 Å². The first kappa shape index (κ1) is 23.3. The first-order valence-corrected chi connectivity index (χ1v) is 11.2.